The van der Waals surface area contributed by atoms with Crippen LogP contribution in [0.2, 0.25) is 0 Å². The molecule has 0 atom stereocenters. The fraction of sp³-hybridized carbons (Fsp3) is 0.316. The maximum absolute atomic E-state index is 12.4. The maximum atomic E-state index is 12.4. The second-order valence-electron chi connectivity index (χ2n) is 5.40. The normalized spacial score (nSPS) is 10.1. The van der Waals surface area contributed by atoms with Crippen LogP contribution in [0.25, 0.3) is 0 Å². The number of ether oxygens (including phenoxy) is 4. The topological polar surface area (TPSA) is 66.0 Å². The van der Waals surface area contributed by atoms with Crippen LogP contribution < -0.4 is 24.3 Å². The summed E-state index contributed by atoms with van der Waals surface area (Å²) in [5.41, 5.74) is 2.35. The molecule has 0 bridgehead atoms. The van der Waals surface area contributed by atoms with Crippen LogP contribution in [0.1, 0.15) is 21.5 Å². The molecule has 2 aromatic carbocycles. The summed E-state index contributed by atoms with van der Waals surface area (Å²) >= 11 is 0. The van der Waals surface area contributed by atoms with E-state index >= 15 is 0 Å². The van der Waals surface area contributed by atoms with Crippen LogP contribution in [-0.2, 0) is 6.54 Å². The molecule has 25 heavy (non-hydrogen) atoms. The largest absolute Gasteiger partial charge is 0.496 e. The van der Waals surface area contributed by atoms with Gasteiger partial charge < -0.3 is 24.3 Å². The Hall–Kier alpha value is -2.89. The van der Waals surface area contributed by atoms with Gasteiger partial charge in [-0.25, -0.2) is 0 Å². The van der Waals surface area contributed by atoms with Crippen molar-refractivity contribution < 1.29 is 23.7 Å². The van der Waals surface area contributed by atoms with Crippen molar-refractivity contribution in [3.05, 3.63) is 47.0 Å². The highest BCUT2D eigenvalue weighted by molar-refractivity contribution is 5.94. The average molecular weight is 345 g/mol. The summed E-state index contributed by atoms with van der Waals surface area (Å²) < 4.78 is 21.2. The first-order valence-corrected chi connectivity index (χ1v) is 7.75. The number of amides is 1. The standard InChI is InChI=1S/C19H23NO5/c1-12-6-7-14(10-15(12)22-2)19(21)20-11-13-8-16(23-3)18(25-5)17(9-13)24-4/h6-10H,11H2,1-5H3,(H,20,21). The second-order valence-corrected chi connectivity index (χ2v) is 5.40. The van der Waals surface area contributed by atoms with Crippen LogP contribution in [0.15, 0.2) is 30.3 Å². The maximum Gasteiger partial charge on any atom is 0.251 e. The molecule has 0 saturated heterocycles. The van der Waals surface area contributed by atoms with E-state index in [0.717, 1.165) is 11.1 Å². The monoisotopic (exact) mass is 345 g/mol. The van der Waals surface area contributed by atoms with Gasteiger partial charge in [-0.3, -0.25) is 4.79 Å². The Labute approximate surface area is 147 Å². The number of aryl methyl sites for hydroxylation is 1. The zero-order chi connectivity index (χ0) is 18.4. The van der Waals surface area contributed by atoms with E-state index in [4.69, 9.17) is 18.9 Å². The minimum Gasteiger partial charge on any atom is -0.496 e. The Balaban J connectivity index is 2.16. The summed E-state index contributed by atoms with van der Waals surface area (Å²) in [7, 11) is 6.24. The lowest BCUT2D eigenvalue weighted by molar-refractivity contribution is 0.0950. The van der Waals surface area contributed by atoms with Gasteiger partial charge >= 0.3 is 0 Å². The molecule has 0 aliphatic rings. The van der Waals surface area contributed by atoms with Crippen LogP contribution in [0.4, 0.5) is 0 Å². The molecule has 2 rings (SSSR count). The van der Waals surface area contributed by atoms with Gasteiger partial charge in [0.15, 0.2) is 11.5 Å². The van der Waals surface area contributed by atoms with Crippen LogP contribution in [-0.4, -0.2) is 34.3 Å². The lowest BCUT2D eigenvalue weighted by Crippen LogP contribution is -2.23. The lowest BCUT2D eigenvalue weighted by Gasteiger charge is -2.14. The molecule has 6 nitrogen and oxygen atoms in total. The smallest absolute Gasteiger partial charge is 0.251 e. The molecule has 0 spiro atoms. The van der Waals surface area contributed by atoms with Crippen LogP contribution in [0.3, 0.4) is 0 Å². The predicted octanol–water partition coefficient (Wildman–Crippen LogP) is 2.96. The Kier molecular flexibility index (Phi) is 6.11. The molecule has 0 saturated carbocycles. The summed E-state index contributed by atoms with van der Waals surface area (Å²) in [5.74, 6) is 2.10. The molecule has 0 radical (unpaired) electrons. The average Bonchev–Trinajstić information content (AvgIpc) is 2.65. The van der Waals surface area contributed by atoms with Crippen molar-refractivity contribution in [2.45, 2.75) is 13.5 Å². The Morgan fingerprint density at radius 1 is 0.880 bits per heavy atom. The summed E-state index contributed by atoms with van der Waals surface area (Å²) in [5, 5.41) is 2.88. The predicted molar refractivity (Wildman–Crippen MR) is 95.0 cm³/mol. The number of methoxy groups -OCH3 is 4. The number of benzene rings is 2. The summed E-state index contributed by atoms with van der Waals surface area (Å²) in [6.45, 7) is 2.25. The van der Waals surface area contributed by atoms with E-state index in [1.165, 1.54) is 0 Å². The van der Waals surface area contributed by atoms with Gasteiger partial charge in [-0.1, -0.05) is 6.07 Å². The van der Waals surface area contributed by atoms with Crippen molar-refractivity contribution in [3.8, 4) is 23.0 Å². The number of rotatable bonds is 7. The van der Waals surface area contributed by atoms with Crippen molar-refractivity contribution in [1.82, 2.24) is 5.32 Å². The molecule has 1 N–H and O–H groups in total. The van der Waals surface area contributed by atoms with E-state index in [1.54, 1.807) is 52.7 Å². The molecule has 134 valence electrons. The molecule has 0 aliphatic heterocycles. The van der Waals surface area contributed by atoms with Crippen molar-refractivity contribution >= 4 is 5.91 Å². The highest BCUT2D eigenvalue weighted by atomic mass is 16.5. The fourth-order valence-corrected chi connectivity index (χ4v) is 2.48. The van der Waals surface area contributed by atoms with Gasteiger partial charge in [0.2, 0.25) is 5.75 Å². The third-order valence-electron chi connectivity index (χ3n) is 3.85. The molecule has 0 fully saturated rings. The van der Waals surface area contributed by atoms with E-state index in [0.29, 0.717) is 35.1 Å². The highest BCUT2D eigenvalue weighted by Crippen LogP contribution is 2.38. The lowest BCUT2D eigenvalue weighted by atomic mass is 10.1. The Morgan fingerprint density at radius 3 is 2.00 bits per heavy atom. The van der Waals surface area contributed by atoms with Crippen molar-refractivity contribution in [3.63, 3.8) is 0 Å². The molecule has 0 aromatic heterocycles. The van der Waals surface area contributed by atoms with Gasteiger partial charge in [0.1, 0.15) is 5.75 Å². The van der Waals surface area contributed by atoms with E-state index in [-0.39, 0.29) is 5.91 Å². The summed E-state index contributed by atoms with van der Waals surface area (Å²) in [4.78, 5) is 12.4. The Bertz CT molecular complexity index is 732. The first-order chi connectivity index (χ1) is 12.0. The molecular formula is C19H23NO5. The number of nitrogens with one attached hydrogen (secondary N) is 1. The second kappa shape index (κ2) is 8.28. The number of carbonyl (C=O) groups excluding carboxylic acids is 1. The molecule has 0 heterocycles. The van der Waals surface area contributed by atoms with Gasteiger partial charge in [-0.15, -0.1) is 0 Å². The van der Waals surface area contributed by atoms with Crippen molar-refractivity contribution in [2.75, 3.05) is 28.4 Å². The van der Waals surface area contributed by atoms with E-state index < -0.39 is 0 Å². The van der Waals surface area contributed by atoms with Crippen molar-refractivity contribution in [2.24, 2.45) is 0 Å². The van der Waals surface area contributed by atoms with E-state index in [2.05, 4.69) is 5.32 Å². The number of hydrogen-bond donors (Lipinski definition) is 1. The minimum absolute atomic E-state index is 0.188. The van der Waals surface area contributed by atoms with Gasteiger partial charge in [0.05, 0.1) is 28.4 Å². The zero-order valence-corrected chi connectivity index (χ0v) is 15.1. The first-order valence-electron chi connectivity index (χ1n) is 7.75. The fourth-order valence-electron chi connectivity index (χ4n) is 2.48. The zero-order valence-electron chi connectivity index (χ0n) is 15.1. The SMILES string of the molecule is COc1cc(C(=O)NCc2cc(OC)c(OC)c(OC)c2)ccc1C. The van der Waals surface area contributed by atoms with E-state index in [9.17, 15) is 4.79 Å². The third kappa shape index (κ3) is 4.15. The highest BCUT2D eigenvalue weighted by Gasteiger charge is 2.14. The molecule has 6 heteroatoms. The molecule has 1 amide bonds. The summed E-state index contributed by atoms with van der Waals surface area (Å²) in [6, 6.07) is 8.95. The van der Waals surface area contributed by atoms with Crippen LogP contribution in [0.5, 0.6) is 23.0 Å². The van der Waals surface area contributed by atoms with E-state index in [1.807, 2.05) is 13.0 Å². The summed E-state index contributed by atoms with van der Waals surface area (Å²) in [6.07, 6.45) is 0. The van der Waals surface area contributed by atoms with Crippen LogP contribution in [0, 0.1) is 6.92 Å². The molecular weight excluding hydrogens is 322 g/mol. The first kappa shape index (κ1) is 18.4. The van der Waals surface area contributed by atoms with Gasteiger partial charge in [0.25, 0.3) is 5.91 Å². The van der Waals surface area contributed by atoms with Crippen LogP contribution >= 0.6 is 0 Å². The number of hydrogen-bond acceptors (Lipinski definition) is 5. The van der Waals surface area contributed by atoms with Gasteiger partial charge in [0, 0.05) is 12.1 Å². The molecule has 2 aromatic rings. The molecule has 0 aliphatic carbocycles. The minimum atomic E-state index is -0.188. The number of carbonyl (C=O) groups is 1. The van der Waals surface area contributed by atoms with Crippen molar-refractivity contribution in [1.29, 1.82) is 0 Å². The van der Waals surface area contributed by atoms with Gasteiger partial charge in [-0.05, 0) is 42.3 Å². The third-order valence-corrected chi connectivity index (χ3v) is 3.85. The molecule has 0 unspecified atom stereocenters. The van der Waals surface area contributed by atoms with Gasteiger partial charge in [-0.2, -0.15) is 0 Å². The quantitative estimate of drug-likeness (QED) is 0.836. The Morgan fingerprint density at radius 2 is 1.48 bits per heavy atom.